The van der Waals surface area contributed by atoms with E-state index in [-0.39, 0.29) is 11.6 Å². The first kappa shape index (κ1) is 14.5. The number of pyridine rings is 1. The SMILES string of the molecule is Cc1cc2c3c(c(C)c(C)cc3c1)-c1c(c(F)c3ccoc3[n+]1C)O2. The van der Waals surface area contributed by atoms with Gasteiger partial charge in [-0.2, -0.15) is 4.57 Å². The number of furan rings is 1. The van der Waals surface area contributed by atoms with Gasteiger partial charge in [-0.15, -0.1) is 0 Å². The Balaban J connectivity index is 2.07. The summed E-state index contributed by atoms with van der Waals surface area (Å²) in [6, 6.07) is 7.92. The van der Waals surface area contributed by atoms with Crippen LogP contribution in [0, 0.1) is 26.6 Å². The molecule has 0 saturated heterocycles. The molecular formula is C21H17FNO2+. The Morgan fingerprint density at radius 1 is 1.08 bits per heavy atom. The van der Waals surface area contributed by atoms with Gasteiger partial charge in [0.15, 0.2) is 5.82 Å². The van der Waals surface area contributed by atoms with Gasteiger partial charge in [0.25, 0.3) is 5.69 Å². The van der Waals surface area contributed by atoms with Crippen LogP contribution in [0.5, 0.6) is 11.5 Å². The highest BCUT2D eigenvalue weighted by molar-refractivity contribution is 6.05. The van der Waals surface area contributed by atoms with Crippen LogP contribution in [-0.4, -0.2) is 0 Å². The molecule has 0 saturated carbocycles. The van der Waals surface area contributed by atoms with Crippen molar-refractivity contribution in [2.24, 2.45) is 7.05 Å². The zero-order valence-corrected chi connectivity index (χ0v) is 14.5. The molecule has 2 aromatic heterocycles. The van der Waals surface area contributed by atoms with Gasteiger partial charge in [-0.25, -0.2) is 4.39 Å². The number of aromatic nitrogens is 1. The van der Waals surface area contributed by atoms with Gasteiger partial charge in [-0.3, -0.25) is 0 Å². The molecule has 3 nitrogen and oxygen atoms in total. The third-order valence-electron chi connectivity index (χ3n) is 5.25. The van der Waals surface area contributed by atoms with Crippen molar-refractivity contribution in [3.05, 3.63) is 53.0 Å². The van der Waals surface area contributed by atoms with Gasteiger partial charge in [0, 0.05) is 5.39 Å². The second-order valence-corrected chi connectivity index (χ2v) is 6.85. The summed E-state index contributed by atoms with van der Waals surface area (Å²) in [7, 11) is 1.89. The Bertz CT molecular complexity index is 1220. The van der Waals surface area contributed by atoms with E-state index in [1.54, 1.807) is 6.07 Å². The molecule has 124 valence electrons. The summed E-state index contributed by atoms with van der Waals surface area (Å²) < 4.78 is 28.7. The summed E-state index contributed by atoms with van der Waals surface area (Å²) >= 11 is 0. The first-order valence-electron chi connectivity index (χ1n) is 8.29. The van der Waals surface area contributed by atoms with Crippen LogP contribution in [0.15, 0.2) is 34.9 Å². The molecule has 0 bridgehead atoms. The minimum atomic E-state index is -0.377. The van der Waals surface area contributed by atoms with E-state index in [1.165, 1.54) is 11.8 Å². The molecule has 0 spiro atoms. The largest absolute Gasteiger partial charge is 0.447 e. The van der Waals surface area contributed by atoms with Crippen LogP contribution in [0.2, 0.25) is 0 Å². The summed E-state index contributed by atoms with van der Waals surface area (Å²) in [6.45, 7) is 6.19. The Morgan fingerprint density at radius 2 is 1.88 bits per heavy atom. The third-order valence-corrected chi connectivity index (χ3v) is 5.25. The number of hydrogen-bond donors (Lipinski definition) is 0. The second kappa shape index (κ2) is 4.60. The smallest absolute Gasteiger partial charge is 0.383 e. The lowest BCUT2D eigenvalue weighted by atomic mass is 9.89. The molecule has 0 amide bonds. The fourth-order valence-corrected chi connectivity index (χ4v) is 3.96. The van der Waals surface area contributed by atoms with E-state index in [2.05, 4.69) is 26.0 Å². The van der Waals surface area contributed by atoms with E-state index in [4.69, 9.17) is 9.15 Å². The third kappa shape index (κ3) is 1.71. The number of aryl methyl sites for hydroxylation is 3. The maximum Gasteiger partial charge on any atom is 0.383 e. The van der Waals surface area contributed by atoms with Crippen molar-refractivity contribution in [3.8, 4) is 22.8 Å². The number of halogens is 1. The Labute approximate surface area is 144 Å². The van der Waals surface area contributed by atoms with Crippen LogP contribution >= 0.6 is 0 Å². The highest BCUT2D eigenvalue weighted by atomic mass is 19.1. The van der Waals surface area contributed by atoms with E-state index in [0.29, 0.717) is 16.8 Å². The molecule has 1 aliphatic heterocycles. The van der Waals surface area contributed by atoms with Gasteiger partial charge in [0.1, 0.15) is 18.2 Å². The van der Waals surface area contributed by atoms with Crippen LogP contribution in [0.1, 0.15) is 16.7 Å². The molecular weight excluding hydrogens is 317 g/mol. The van der Waals surface area contributed by atoms with Crippen molar-refractivity contribution in [1.29, 1.82) is 0 Å². The maximum atomic E-state index is 15.2. The maximum absolute atomic E-state index is 15.2. The second-order valence-electron chi connectivity index (χ2n) is 6.85. The van der Waals surface area contributed by atoms with Crippen LogP contribution in [0.4, 0.5) is 4.39 Å². The van der Waals surface area contributed by atoms with E-state index < -0.39 is 0 Å². The molecule has 0 radical (unpaired) electrons. The Hall–Kier alpha value is -2.88. The molecule has 25 heavy (non-hydrogen) atoms. The van der Waals surface area contributed by atoms with Crippen LogP contribution in [0.3, 0.4) is 0 Å². The van der Waals surface area contributed by atoms with Gasteiger partial charge >= 0.3 is 5.71 Å². The first-order chi connectivity index (χ1) is 12.0. The van der Waals surface area contributed by atoms with Crippen molar-refractivity contribution >= 4 is 21.9 Å². The van der Waals surface area contributed by atoms with Crippen molar-refractivity contribution in [3.63, 3.8) is 0 Å². The highest BCUT2D eigenvalue weighted by Crippen LogP contribution is 2.49. The lowest BCUT2D eigenvalue weighted by molar-refractivity contribution is -0.640. The van der Waals surface area contributed by atoms with Gasteiger partial charge in [-0.1, -0.05) is 12.1 Å². The van der Waals surface area contributed by atoms with Crippen LogP contribution < -0.4 is 9.30 Å². The topological polar surface area (TPSA) is 26.2 Å². The average molecular weight is 334 g/mol. The molecule has 1 aliphatic rings. The molecule has 0 atom stereocenters. The number of fused-ring (bicyclic) bond motifs is 3. The number of hydrogen-bond acceptors (Lipinski definition) is 2. The standard InChI is InChI=1S/C21H17FNO2/c1-10-7-13-9-11(2)12(3)16-17(13)15(8-10)25-20-18(22)14-5-6-24-21(14)23(4)19(16)20/h5-9H,1-4H3/q+1. The molecule has 0 unspecified atom stereocenters. The van der Waals surface area contributed by atoms with Crippen molar-refractivity contribution < 1.29 is 18.1 Å². The highest BCUT2D eigenvalue weighted by Gasteiger charge is 2.36. The molecule has 4 heteroatoms. The first-order valence-corrected chi connectivity index (χ1v) is 8.29. The molecule has 5 rings (SSSR count). The van der Waals surface area contributed by atoms with Crippen molar-refractivity contribution in [2.75, 3.05) is 0 Å². The molecule has 4 aromatic rings. The molecule has 0 N–H and O–H groups in total. The predicted octanol–water partition coefficient (Wildman–Crippen LogP) is 5.25. The quantitative estimate of drug-likeness (QED) is 0.362. The number of nitrogens with zero attached hydrogens (tertiary/aromatic N) is 1. The van der Waals surface area contributed by atoms with E-state index in [1.807, 2.05) is 24.6 Å². The van der Waals surface area contributed by atoms with Gasteiger partial charge in [0.05, 0.1) is 11.8 Å². The number of benzene rings is 2. The monoisotopic (exact) mass is 334 g/mol. The minimum absolute atomic E-state index is 0.268. The molecule has 0 fully saturated rings. The molecule has 0 aliphatic carbocycles. The van der Waals surface area contributed by atoms with E-state index in [9.17, 15) is 0 Å². The number of rotatable bonds is 0. The van der Waals surface area contributed by atoms with Crippen molar-refractivity contribution in [1.82, 2.24) is 0 Å². The van der Waals surface area contributed by atoms with E-state index in [0.717, 1.165) is 33.2 Å². The van der Waals surface area contributed by atoms with Crippen molar-refractivity contribution in [2.45, 2.75) is 20.8 Å². The fourth-order valence-electron chi connectivity index (χ4n) is 3.96. The van der Waals surface area contributed by atoms with E-state index >= 15 is 4.39 Å². The minimum Gasteiger partial charge on any atom is -0.447 e. The zero-order chi connectivity index (χ0) is 17.5. The summed E-state index contributed by atoms with van der Waals surface area (Å²) in [4.78, 5) is 0. The Morgan fingerprint density at radius 3 is 2.68 bits per heavy atom. The summed E-state index contributed by atoms with van der Waals surface area (Å²) in [5.74, 6) is 0.602. The fraction of sp³-hybridized carbons (Fsp3) is 0.190. The lowest BCUT2D eigenvalue weighted by Crippen LogP contribution is -2.34. The zero-order valence-electron chi connectivity index (χ0n) is 14.5. The summed E-state index contributed by atoms with van der Waals surface area (Å²) in [5.41, 5.74) is 5.64. The van der Waals surface area contributed by atoms with Crippen LogP contribution in [0.25, 0.3) is 33.1 Å². The normalized spacial score (nSPS) is 12.5. The van der Waals surface area contributed by atoms with Gasteiger partial charge in [0.2, 0.25) is 5.75 Å². The summed E-state index contributed by atoms with van der Waals surface area (Å²) in [6.07, 6.45) is 1.51. The molecule has 3 heterocycles. The van der Waals surface area contributed by atoms with Gasteiger partial charge < -0.3 is 9.15 Å². The average Bonchev–Trinajstić information content (AvgIpc) is 3.06. The number of ether oxygens (including phenoxy) is 1. The Kier molecular flexibility index (Phi) is 2.66. The predicted molar refractivity (Wildman–Crippen MR) is 94.6 cm³/mol. The van der Waals surface area contributed by atoms with Crippen LogP contribution in [-0.2, 0) is 7.05 Å². The summed E-state index contributed by atoms with van der Waals surface area (Å²) in [5, 5.41) is 2.57. The lowest BCUT2D eigenvalue weighted by Gasteiger charge is -2.22. The molecule has 2 aromatic carbocycles. The van der Waals surface area contributed by atoms with Gasteiger partial charge in [-0.05, 0) is 55.0 Å².